The van der Waals surface area contributed by atoms with Gasteiger partial charge >= 0.3 is 6.18 Å². The lowest BCUT2D eigenvalue weighted by atomic mass is 9.98. The highest BCUT2D eigenvalue weighted by molar-refractivity contribution is 14.0. The molecule has 3 saturated heterocycles. The van der Waals surface area contributed by atoms with E-state index in [2.05, 4.69) is 16.4 Å². The average molecular weight is 661 g/mol. The molecule has 4 heterocycles. The van der Waals surface area contributed by atoms with E-state index in [0.717, 1.165) is 51.0 Å². The van der Waals surface area contributed by atoms with Crippen molar-refractivity contribution in [2.45, 2.75) is 38.4 Å². The van der Waals surface area contributed by atoms with E-state index >= 15 is 0 Å². The summed E-state index contributed by atoms with van der Waals surface area (Å²) < 4.78 is 64.0. The minimum Gasteiger partial charge on any atom is -0.355 e. The first-order valence-corrected chi connectivity index (χ1v) is 13.1. The molecular weight excluding hydrogens is 628 g/mol. The van der Waals surface area contributed by atoms with E-state index in [9.17, 15) is 31.2 Å². The summed E-state index contributed by atoms with van der Waals surface area (Å²) in [5.41, 5.74) is -0.419. The molecule has 0 bridgehead atoms. The molecule has 37 heavy (non-hydrogen) atoms. The lowest BCUT2D eigenvalue weighted by molar-refractivity contribution is -0.141. The second kappa shape index (κ2) is 13.7. The summed E-state index contributed by atoms with van der Waals surface area (Å²) in [7, 11) is -3.51. The van der Waals surface area contributed by atoms with Crippen molar-refractivity contribution in [1.82, 2.24) is 23.8 Å². The Labute approximate surface area is 232 Å². The third-order valence-electron chi connectivity index (χ3n) is 6.34. The molecule has 3 fully saturated rings. The van der Waals surface area contributed by atoms with Gasteiger partial charge in [-0.2, -0.15) is 35.5 Å². The number of piperidine rings is 1. The van der Waals surface area contributed by atoms with Gasteiger partial charge in [-0.3, -0.25) is 14.6 Å². The molecule has 0 aliphatic carbocycles. The van der Waals surface area contributed by atoms with Crippen molar-refractivity contribution in [3.8, 4) is 6.07 Å². The lowest BCUT2D eigenvalue weighted by Gasteiger charge is -2.40. The zero-order valence-electron chi connectivity index (χ0n) is 20.1. The van der Waals surface area contributed by atoms with Crippen molar-refractivity contribution in [3.63, 3.8) is 0 Å². The Morgan fingerprint density at radius 1 is 1.16 bits per heavy atom. The molecular formula is C22H32F3IN6O4S. The van der Waals surface area contributed by atoms with Crippen LogP contribution in [-0.2, 0) is 32.5 Å². The third-order valence-corrected chi connectivity index (χ3v) is 8.27. The molecule has 3 aliphatic heterocycles. The summed E-state index contributed by atoms with van der Waals surface area (Å²) in [4.78, 5) is 27.5. The summed E-state index contributed by atoms with van der Waals surface area (Å²) in [5, 5.41) is 11.1. The van der Waals surface area contributed by atoms with E-state index in [4.69, 9.17) is 5.26 Å². The van der Waals surface area contributed by atoms with Gasteiger partial charge in [0.2, 0.25) is 12.3 Å². The van der Waals surface area contributed by atoms with Crippen LogP contribution in [0.2, 0.25) is 0 Å². The molecule has 0 radical (unpaired) electrons. The summed E-state index contributed by atoms with van der Waals surface area (Å²) in [6.07, 6.45) is 0.711. The van der Waals surface area contributed by atoms with Crippen molar-refractivity contribution in [2.24, 2.45) is 11.8 Å². The van der Waals surface area contributed by atoms with Crippen LogP contribution in [0.15, 0.2) is 18.3 Å². The van der Waals surface area contributed by atoms with E-state index in [1.807, 2.05) is 4.90 Å². The second-order valence-corrected chi connectivity index (χ2v) is 10.9. The number of pyridine rings is 1. The molecule has 1 N–H and O–H groups in total. The number of halogens is 4. The Hall–Kier alpha value is -2.03. The maximum absolute atomic E-state index is 12.5. The molecule has 15 heteroatoms. The molecule has 0 aromatic carbocycles. The number of rotatable bonds is 6. The lowest BCUT2D eigenvalue weighted by Crippen LogP contribution is -2.57. The zero-order valence-corrected chi connectivity index (χ0v) is 23.2. The smallest absolute Gasteiger partial charge is 0.355 e. The Kier molecular flexibility index (Phi) is 11.5. The average Bonchev–Trinajstić information content (AvgIpc) is 3.37. The predicted molar refractivity (Wildman–Crippen MR) is 139 cm³/mol. The highest BCUT2D eigenvalue weighted by Crippen LogP contribution is 2.28. The molecule has 0 unspecified atom stereocenters. The number of nitrogens with zero attached hydrogens (tertiary/aromatic N) is 5. The van der Waals surface area contributed by atoms with Gasteiger partial charge in [-0.15, -0.1) is 24.0 Å². The SMILES string of the molecule is I.N#CC1CN(S(=O)(=O)N2CCC[C@H](C(=O)N3CCCC3)C2)C1.O=CNCc1ccc(C(F)(F)F)nc1.[HH]. The predicted octanol–water partition coefficient (Wildman–Crippen LogP) is 2.23. The number of hydrogen-bond acceptors (Lipinski definition) is 6. The Morgan fingerprint density at radius 3 is 2.38 bits per heavy atom. The first kappa shape index (κ1) is 31.2. The number of alkyl halides is 3. The van der Waals surface area contributed by atoms with Crippen LogP contribution in [0, 0.1) is 23.2 Å². The van der Waals surface area contributed by atoms with Crippen molar-refractivity contribution in [1.29, 1.82) is 5.26 Å². The topological polar surface area (TPSA) is 127 Å². The van der Waals surface area contributed by atoms with E-state index in [1.54, 1.807) is 0 Å². The van der Waals surface area contributed by atoms with Gasteiger partial charge in [-0.05, 0) is 37.3 Å². The number of likely N-dealkylation sites (tertiary alicyclic amines) is 1. The van der Waals surface area contributed by atoms with Gasteiger partial charge in [0.05, 0.1) is 17.9 Å². The monoisotopic (exact) mass is 660 g/mol. The fourth-order valence-electron chi connectivity index (χ4n) is 4.28. The van der Waals surface area contributed by atoms with Crippen molar-refractivity contribution in [2.75, 3.05) is 39.3 Å². The molecule has 208 valence electrons. The van der Waals surface area contributed by atoms with Crippen LogP contribution in [0.25, 0.3) is 0 Å². The maximum Gasteiger partial charge on any atom is 0.433 e. The number of hydrogen-bond donors (Lipinski definition) is 1. The molecule has 4 rings (SSSR count). The minimum absolute atomic E-state index is 0. The Morgan fingerprint density at radius 2 is 1.84 bits per heavy atom. The number of amides is 2. The number of aromatic nitrogens is 1. The number of nitrogens with one attached hydrogen (secondary N) is 1. The van der Waals surface area contributed by atoms with Gasteiger partial charge < -0.3 is 10.2 Å². The molecule has 1 atom stereocenters. The van der Waals surface area contributed by atoms with Crippen molar-refractivity contribution >= 4 is 46.5 Å². The molecule has 0 spiro atoms. The first-order chi connectivity index (χ1) is 17.1. The number of carbonyl (C=O) groups is 2. The molecule has 1 aromatic heterocycles. The van der Waals surface area contributed by atoms with Crippen LogP contribution in [0.1, 0.15) is 38.4 Å². The van der Waals surface area contributed by atoms with Crippen LogP contribution < -0.4 is 5.32 Å². The van der Waals surface area contributed by atoms with E-state index < -0.39 is 22.1 Å². The van der Waals surface area contributed by atoms with Gasteiger partial charge in [0.15, 0.2) is 0 Å². The largest absolute Gasteiger partial charge is 0.433 e. The van der Waals surface area contributed by atoms with Gasteiger partial charge in [0.25, 0.3) is 10.2 Å². The third kappa shape index (κ3) is 8.23. The van der Waals surface area contributed by atoms with E-state index in [1.165, 1.54) is 14.7 Å². The minimum atomic E-state index is -4.42. The van der Waals surface area contributed by atoms with Crippen LogP contribution in [-0.4, -0.2) is 78.5 Å². The summed E-state index contributed by atoms with van der Waals surface area (Å²) in [6, 6.07) is 4.23. The summed E-state index contributed by atoms with van der Waals surface area (Å²) in [5.74, 6) is -0.299. The summed E-state index contributed by atoms with van der Waals surface area (Å²) >= 11 is 0. The maximum atomic E-state index is 12.5. The van der Waals surface area contributed by atoms with Gasteiger partial charge in [0, 0.05) is 53.4 Å². The van der Waals surface area contributed by atoms with Crippen molar-refractivity contribution in [3.05, 3.63) is 29.6 Å². The highest BCUT2D eigenvalue weighted by atomic mass is 127. The fourth-order valence-corrected chi connectivity index (χ4v) is 6.07. The standard InChI is InChI=1S/C14H22N4O3S.C8H7F3N2O.HI.H2/c15-8-12-9-18(10-12)22(20,21)17-7-3-4-13(11-17)14(19)16-5-1-2-6-16;9-8(10,11)7-2-1-6(4-13-7)3-12-5-14;;/h12-13H,1-7,9-11H2;1-2,4-5H,3H2,(H,12,14);2*1H/t13-;;;/m0.../s1. The second-order valence-electron chi connectivity index (χ2n) is 8.93. The van der Waals surface area contributed by atoms with Gasteiger partial charge in [0.1, 0.15) is 5.69 Å². The molecule has 10 nitrogen and oxygen atoms in total. The molecule has 1 aromatic rings. The number of carbonyl (C=O) groups excluding carboxylic acids is 2. The van der Waals surface area contributed by atoms with Gasteiger partial charge in [-0.1, -0.05) is 6.07 Å². The summed E-state index contributed by atoms with van der Waals surface area (Å²) in [6.45, 7) is 3.09. The quantitative estimate of drug-likeness (QED) is 0.369. The van der Waals surface area contributed by atoms with Gasteiger partial charge in [-0.25, -0.2) is 0 Å². The Balaban J connectivity index is 0.000000396. The normalized spacial score (nSPS) is 21.0. The molecule has 2 amide bonds. The molecule has 3 aliphatic rings. The van der Waals surface area contributed by atoms with E-state index in [-0.39, 0.29) is 69.3 Å². The van der Waals surface area contributed by atoms with Crippen molar-refractivity contribution < 1.29 is 32.6 Å². The first-order valence-electron chi connectivity index (χ1n) is 11.7. The Bertz CT molecular complexity index is 1060. The number of nitriles is 1. The highest BCUT2D eigenvalue weighted by Gasteiger charge is 2.42. The zero-order chi connectivity index (χ0) is 26.3. The van der Waals surface area contributed by atoms with Crippen LogP contribution in [0.5, 0.6) is 0 Å². The van der Waals surface area contributed by atoms with Crippen LogP contribution >= 0.6 is 24.0 Å². The fraction of sp³-hybridized carbons (Fsp3) is 0.636. The molecule has 0 saturated carbocycles. The van der Waals surface area contributed by atoms with E-state index in [0.29, 0.717) is 18.5 Å². The van der Waals surface area contributed by atoms with Crippen LogP contribution in [0.3, 0.4) is 0 Å². The van der Waals surface area contributed by atoms with Crippen LogP contribution in [0.4, 0.5) is 13.2 Å².